The lowest BCUT2D eigenvalue weighted by Gasteiger charge is -2.32. The van der Waals surface area contributed by atoms with Crippen LogP contribution in [-0.4, -0.2) is 17.4 Å². The number of benzene rings is 1. The topological polar surface area (TPSA) is 91.0 Å². The normalized spacial score (nSPS) is 17.6. The van der Waals surface area contributed by atoms with Crippen molar-refractivity contribution in [2.75, 3.05) is 5.32 Å². The average Bonchev–Trinajstić information content (AvgIpc) is 2.65. The molecule has 1 fully saturated rings. The second-order valence-electron chi connectivity index (χ2n) is 5.86. The highest BCUT2D eigenvalue weighted by molar-refractivity contribution is 5.96. The minimum atomic E-state index is -0.690. The molecule has 0 spiro atoms. The lowest BCUT2D eigenvalue weighted by molar-refractivity contribution is 0.241. The third kappa shape index (κ3) is 3.97. The van der Waals surface area contributed by atoms with E-state index in [0.29, 0.717) is 0 Å². The van der Waals surface area contributed by atoms with E-state index in [4.69, 9.17) is 11.1 Å². The van der Waals surface area contributed by atoms with Crippen molar-refractivity contribution < 1.29 is 4.79 Å². The number of urea groups is 1. The second kappa shape index (κ2) is 6.61. The molecule has 1 aliphatic carbocycles. The zero-order valence-electron chi connectivity index (χ0n) is 12.5. The molecule has 5 N–H and O–H groups in total. The number of nitrogens with one attached hydrogen (secondary N) is 3. The standard InChI is InChI=1S/C16H24N4O/c1-12-7-6-8-13(11-12)19-15(21)20-16(14(17)18)9-4-2-3-5-10-16/h6-8,11H,2-5,9-10H2,1H3,(H3,17,18)(H2,19,20,21). The van der Waals surface area contributed by atoms with Gasteiger partial charge in [-0.05, 0) is 37.5 Å². The number of rotatable bonds is 3. The molecule has 2 rings (SSSR count). The quantitative estimate of drug-likeness (QED) is 0.391. The Bertz CT molecular complexity index is 519. The van der Waals surface area contributed by atoms with Gasteiger partial charge < -0.3 is 16.4 Å². The maximum Gasteiger partial charge on any atom is 0.320 e. The summed E-state index contributed by atoms with van der Waals surface area (Å²) in [7, 11) is 0. The molecule has 0 saturated heterocycles. The van der Waals surface area contributed by atoms with E-state index >= 15 is 0 Å². The highest BCUT2D eigenvalue weighted by atomic mass is 16.2. The molecule has 0 atom stereocenters. The van der Waals surface area contributed by atoms with Crippen LogP contribution in [0.4, 0.5) is 10.5 Å². The maximum atomic E-state index is 12.2. The van der Waals surface area contributed by atoms with Crippen LogP contribution in [0.15, 0.2) is 24.3 Å². The number of carbonyl (C=O) groups is 1. The summed E-state index contributed by atoms with van der Waals surface area (Å²) in [6.45, 7) is 1.98. The van der Waals surface area contributed by atoms with Gasteiger partial charge in [0.25, 0.3) is 0 Å². The Balaban J connectivity index is 2.06. The van der Waals surface area contributed by atoms with E-state index in [2.05, 4.69) is 10.6 Å². The smallest absolute Gasteiger partial charge is 0.320 e. The number of aryl methyl sites for hydroxylation is 1. The Hall–Kier alpha value is -2.04. The number of amides is 2. The first-order valence-electron chi connectivity index (χ1n) is 7.52. The van der Waals surface area contributed by atoms with Crippen LogP contribution in [0.5, 0.6) is 0 Å². The highest BCUT2D eigenvalue weighted by Gasteiger charge is 2.35. The molecular weight excluding hydrogens is 264 g/mol. The number of hydrogen-bond donors (Lipinski definition) is 4. The molecule has 0 aliphatic heterocycles. The molecule has 1 saturated carbocycles. The SMILES string of the molecule is Cc1cccc(NC(=O)NC2(C(=N)N)CCCCCC2)c1. The summed E-state index contributed by atoms with van der Waals surface area (Å²) in [4.78, 5) is 12.2. The van der Waals surface area contributed by atoms with Gasteiger partial charge in [0.1, 0.15) is 5.84 Å². The lowest BCUT2D eigenvalue weighted by Crippen LogP contribution is -2.57. The van der Waals surface area contributed by atoms with Gasteiger partial charge in [-0.3, -0.25) is 5.41 Å². The number of hydrogen-bond acceptors (Lipinski definition) is 2. The highest BCUT2D eigenvalue weighted by Crippen LogP contribution is 2.27. The van der Waals surface area contributed by atoms with Crippen LogP contribution >= 0.6 is 0 Å². The van der Waals surface area contributed by atoms with Crippen molar-refractivity contribution in [1.29, 1.82) is 5.41 Å². The Kier molecular flexibility index (Phi) is 4.83. The summed E-state index contributed by atoms with van der Waals surface area (Å²) in [5.74, 6) is 0.0591. The predicted octanol–water partition coefficient (Wildman–Crippen LogP) is 3.15. The summed E-state index contributed by atoms with van der Waals surface area (Å²) in [6, 6.07) is 7.34. The summed E-state index contributed by atoms with van der Waals surface area (Å²) in [5, 5.41) is 13.6. The van der Waals surface area contributed by atoms with Gasteiger partial charge in [-0.15, -0.1) is 0 Å². The van der Waals surface area contributed by atoms with Crippen molar-refractivity contribution in [2.24, 2.45) is 5.73 Å². The number of amidine groups is 1. The van der Waals surface area contributed by atoms with E-state index < -0.39 is 5.54 Å². The third-order valence-electron chi connectivity index (χ3n) is 4.10. The van der Waals surface area contributed by atoms with E-state index in [-0.39, 0.29) is 11.9 Å². The maximum absolute atomic E-state index is 12.2. The van der Waals surface area contributed by atoms with Crippen molar-refractivity contribution in [3.8, 4) is 0 Å². The van der Waals surface area contributed by atoms with Gasteiger partial charge in [0.15, 0.2) is 0 Å². The zero-order valence-corrected chi connectivity index (χ0v) is 12.5. The van der Waals surface area contributed by atoms with Crippen LogP contribution in [-0.2, 0) is 0 Å². The van der Waals surface area contributed by atoms with Crippen LogP contribution in [0.1, 0.15) is 44.1 Å². The first kappa shape index (κ1) is 15.4. The predicted molar refractivity (Wildman–Crippen MR) is 85.7 cm³/mol. The average molecular weight is 288 g/mol. The number of anilines is 1. The van der Waals surface area contributed by atoms with Gasteiger partial charge in [0.2, 0.25) is 0 Å². The fourth-order valence-corrected chi connectivity index (χ4v) is 2.90. The summed E-state index contributed by atoms with van der Waals surface area (Å²) in [5.41, 5.74) is 6.92. The fourth-order valence-electron chi connectivity index (χ4n) is 2.90. The van der Waals surface area contributed by atoms with Crippen LogP contribution in [0.3, 0.4) is 0 Å². The molecule has 1 aliphatic rings. The van der Waals surface area contributed by atoms with E-state index in [1.54, 1.807) is 0 Å². The fraction of sp³-hybridized carbons (Fsp3) is 0.500. The molecular formula is C16H24N4O. The van der Waals surface area contributed by atoms with E-state index in [0.717, 1.165) is 49.8 Å². The molecule has 21 heavy (non-hydrogen) atoms. The van der Waals surface area contributed by atoms with Gasteiger partial charge in [-0.2, -0.15) is 0 Å². The van der Waals surface area contributed by atoms with Crippen molar-refractivity contribution in [3.05, 3.63) is 29.8 Å². The number of nitrogens with two attached hydrogens (primary N) is 1. The molecule has 0 unspecified atom stereocenters. The third-order valence-corrected chi connectivity index (χ3v) is 4.10. The van der Waals surface area contributed by atoms with Crippen molar-refractivity contribution in [3.63, 3.8) is 0 Å². The minimum Gasteiger partial charge on any atom is -0.386 e. The van der Waals surface area contributed by atoms with Gasteiger partial charge in [0.05, 0.1) is 5.54 Å². The van der Waals surface area contributed by atoms with Crippen LogP contribution in [0, 0.1) is 12.3 Å². The van der Waals surface area contributed by atoms with Crippen molar-refractivity contribution in [1.82, 2.24) is 5.32 Å². The Morgan fingerprint density at radius 2 is 1.90 bits per heavy atom. The van der Waals surface area contributed by atoms with Gasteiger partial charge in [-0.1, -0.05) is 37.8 Å². The van der Waals surface area contributed by atoms with Gasteiger partial charge in [0, 0.05) is 5.69 Å². The molecule has 5 nitrogen and oxygen atoms in total. The Morgan fingerprint density at radius 1 is 1.24 bits per heavy atom. The van der Waals surface area contributed by atoms with Crippen molar-refractivity contribution >= 4 is 17.6 Å². The van der Waals surface area contributed by atoms with Crippen LogP contribution in [0.2, 0.25) is 0 Å². The Labute approximate surface area is 125 Å². The minimum absolute atomic E-state index is 0.0591. The molecule has 1 aromatic carbocycles. The van der Waals surface area contributed by atoms with Gasteiger partial charge in [-0.25, -0.2) is 4.79 Å². The van der Waals surface area contributed by atoms with E-state index in [1.807, 2.05) is 31.2 Å². The number of carbonyl (C=O) groups excluding carboxylic acids is 1. The van der Waals surface area contributed by atoms with E-state index in [1.165, 1.54) is 0 Å². The molecule has 2 amide bonds. The summed E-state index contributed by atoms with van der Waals surface area (Å²) in [6.07, 6.45) is 5.73. The molecule has 0 bridgehead atoms. The molecule has 114 valence electrons. The summed E-state index contributed by atoms with van der Waals surface area (Å²) < 4.78 is 0. The summed E-state index contributed by atoms with van der Waals surface area (Å²) >= 11 is 0. The first-order chi connectivity index (χ1) is 10.0. The van der Waals surface area contributed by atoms with Gasteiger partial charge >= 0.3 is 6.03 Å². The zero-order chi connectivity index (χ0) is 15.3. The van der Waals surface area contributed by atoms with Crippen molar-refractivity contribution in [2.45, 2.75) is 51.0 Å². The van der Waals surface area contributed by atoms with Crippen LogP contribution < -0.4 is 16.4 Å². The molecule has 1 aromatic rings. The van der Waals surface area contributed by atoms with Crippen LogP contribution in [0.25, 0.3) is 0 Å². The van der Waals surface area contributed by atoms with E-state index in [9.17, 15) is 4.79 Å². The second-order valence-corrected chi connectivity index (χ2v) is 5.86. The lowest BCUT2D eigenvalue weighted by atomic mass is 9.89. The largest absolute Gasteiger partial charge is 0.386 e. The molecule has 0 aromatic heterocycles. The molecule has 5 heteroatoms. The Morgan fingerprint density at radius 3 is 2.48 bits per heavy atom. The molecule has 0 radical (unpaired) electrons. The first-order valence-corrected chi connectivity index (χ1v) is 7.52. The monoisotopic (exact) mass is 288 g/mol. The molecule has 0 heterocycles.